The summed E-state index contributed by atoms with van der Waals surface area (Å²) >= 11 is 1.67. The van der Waals surface area contributed by atoms with Gasteiger partial charge in [0.05, 0.1) is 10.7 Å². The van der Waals surface area contributed by atoms with Crippen LogP contribution in [-0.2, 0) is 11.2 Å². The van der Waals surface area contributed by atoms with Crippen LogP contribution < -0.4 is 10.6 Å². The molecule has 1 aliphatic carbocycles. The maximum atomic E-state index is 12.4. The average Bonchev–Trinajstić information content (AvgIpc) is 3.31. The fraction of sp³-hybridized carbons (Fsp3) is 0.737. The minimum atomic E-state index is -0.470. The summed E-state index contributed by atoms with van der Waals surface area (Å²) in [5, 5.41) is 9.73. The summed E-state index contributed by atoms with van der Waals surface area (Å²) in [6.45, 7) is 12.5. The Morgan fingerprint density at radius 3 is 2.70 bits per heavy atom. The number of ether oxygens (including phenoxy) is 1. The van der Waals surface area contributed by atoms with Crippen LogP contribution in [-0.4, -0.2) is 59.8 Å². The minimum Gasteiger partial charge on any atom is -0.444 e. The van der Waals surface area contributed by atoms with Crippen molar-refractivity contribution in [1.29, 1.82) is 0 Å². The second-order valence-electron chi connectivity index (χ2n) is 7.70. The zero-order chi connectivity index (χ0) is 19.9. The Labute approximate surface area is 166 Å². The SMILES string of the molecule is CCNC(=NCCc1csc(C)n1)NCCN(C(=O)OC(C)(C)C)C1CC1. The van der Waals surface area contributed by atoms with Crippen molar-refractivity contribution in [1.82, 2.24) is 20.5 Å². The highest BCUT2D eigenvalue weighted by atomic mass is 32.1. The first kappa shape index (κ1) is 21.5. The van der Waals surface area contributed by atoms with Gasteiger partial charge < -0.3 is 20.3 Å². The van der Waals surface area contributed by atoms with Gasteiger partial charge in [-0.2, -0.15) is 0 Å². The highest BCUT2D eigenvalue weighted by Gasteiger charge is 2.34. The molecule has 0 atom stereocenters. The van der Waals surface area contributed by atoms with E-state index in [9.17, 15) is 4.79 Å². The van der Waals surface area contributed by atoms with Crippen LogP contribution in [0.4, 0.5) is 4.79 Å². The molecule has 1 saturated carbocycles. The Balaban J connectivity index is 1.80. The number of nitrogens with zero attached hydrogens (tertiary/aromatic N) is 3. The van der Waals surface area contributed by atoms with Gasteiger partial charge in [0, 0.05) is 44.0 Å². The molecule has 1 aliphatic rings. The molecule has 8 heteroatoms. The van der Waals surface area contributed by atoms with E-state index < -0.39 is 5.60 Å². The lowest BCUT2D eigenvalue weighted by atomic mass is 10.2. The number of carbonyl (C=O) groups is 1. The van der Waals surface area contributed by atoms with Crippen LogP contribution in [0.25, 0.3) is 0 Å². The minimum absolute atomic E-state index is 0.229. The monoisotopic (exact) mass is 395 g/mol. The fourth-order valence-electron chi connectivity index (χ4n) is 2.57. The summed E-state index contributed by atoms with van der Waals surface area (Å²) in [4.78, 5) is 23.3. The molecule has 0 bridgehead atoms. The summed E-state index contributed by atoms with van der Waals surface area (Å²) in [7, 11) is 0. The second-order valence-corrected chi connectivity index (χ2v) is 8.76. The summed E-state index contributed by atoms with van der Waals surface area (Å²) in [6.07, 6.45) is 2.71. The highest BCUT2D eigenvalue weighted by Crippen LogP contribution is 2.28. The van der Waals surface area contributed by atoms with Crippen LogP contribution in [0.3, 0.4) is 0 Å². The molecule has 0 aliphatic heterocycles. The van der Waals surface area contributed by atoms with Crippen LogP contribution >= 0.6 is 11.3 Å². The smallest absolute Gasteiger partial charge is 0.410 e. The molecule has 7 nitrogen and oxygen atoms in total. The molecule has 27 heavy (non-hydrogen) atoms. The van der Waals surface area contributed by atoms with E-state index in [1.54, 1.807) is 11.3 Å². The van der Waals surface area contributed by atoms with Crippen molar-refractivity contribution < 1.29 is 9.53 Å². The number of carbonyl (C=O) groups excluding carboxylic acids is 1. The number of aromatic nitrogens is 1. The summed E-state index contributed by atoms with van der Waals surface area (Å²) in [5.74, 6) is 0.768. The molecule has 0 radical (unpaired) electrons. The maximum absolute atomic E-state index is 12.4. The quantitative estimate of drug-likeness (QED) is 0.523. The first-order chi connectivity index (χ1) is 12.8. The van der Waals surface area contributed by atoms with E-state index in [4.69, 9.17) is 4.74 Å². The van der Waals surface area contributed by atoms with Crippen molar-refractivity contribution >= 4 is 23.4 Å². The van der Waals surface area contributed by atoms with E-state index in [2.05, 4.69) is 26.0 Å². The van der Waals surface area contributed by atoms with Gasteiger partial charge in [-0.3, -0.25) is 4.99 Å². The maximum Gasteiger partial charge on any atom is 0.410 e. The van der Waals surface area contributed by atoms with Gasteiger partial charge >= 0.3 is 6.09 Å². The number of hydrogen-bond donors (Lipinski definition) is 2. The summed E-state index contributed by atoms with van der Waals surface area (Å²) in [5.41, 5.74) is 0.615. The van der Waals surface area contributed by atoms with E-state index in [0.29, 0.717) is 25.7 Å². The number of nitrogens with one attached hydrogen (secondary N) is 2. The van der Waals surface area contributed by atoms with Gasteiger partial charge in [-0.1, -0.05) is 0 Å². The molecular formula is C19H33N5O2S. The molecule has 0 spiro atoms. The van der Waals surface area contributed by atoms with Gasteiger partial charge in [0.2, 0.25) is 0 Å². The molecule has 2 rings (SSSR count). The highest BCUT2D eigenvalue weighted by molar-refractivity contribution is 7.09. The molecule has 152 valence electrons. The predicted octanol–water partition coefficient (Wildman–Crippen LogP) is 2.95. The molecule has 1 fully saturated rings. The van der Waals surface area contributed by atoms with Crippen molar-refractivity contribution in [3.63, 3.8) is 0 Å². The van der Waals surface area contributed by atoms with Crippen molar-refractivity contribution in [3.05, 3.63) is 16.1 Å². The van der Waals surface area contributed by atoms with Gasteiger partial charge in [-0.05, 0) is 47.5 Å². The van der Waals surface area contributed by atoms with Gasteiger partial charge in [-0.25, -0.2) is 9.78 Å². The lowest BCUT2D eigenvalue weighted by Gasteiger charge is -2.27. The van der Waals surface area contributed by atoms with E-state index >= 15 is 0 Å². The van der Waals surface area contributed by atoms with Crippen LogP contribution in [0, 0.1) is 6.92 Å². The van der Waals surface area contributed by atoms with Gasteiger partial charge in [0.15, 0.2) is 5.96 Å². The van der Waals surface area contributed by atoms with Crippen molar-refractivity contribution in [2.24, 2.45) is 4.99 Å². The Bertz CT molecular complexity index is 634. The molecule has 0 aromatic carbocycles. The van der Waals surface area contributed by atoms with Crippen LogP contribution in [0.1, 0.15) is 51.2 Å². The van der Waals surface area contributed by atoms with Crippen molar-refractivity contribution in [2.75, 3.05) is 26.2 Å². The lowest BCUT2D eigenvalue weighted by Crippen LogP contribution is -2.45. The number of thiazole rings is 1. The van der Waals surface area contributed by atoms with Crippen LogP contribution in [0.15, 0.2) is 10.4 Å². The number of hydrogen-bond acceptors (Lipinski definition) is 5. The zero-order valence-electron chi connectivity index (χ0n) is 17.2. The largest absolute Gasteiger partial charge is 0.444 e. The number of aliphatic imine (C=N–C) groups is 1. The molecular weight excluding hydrogens is 362 g/mol. The van der Waals surface area contributed by atoms with E-state index in [1.165, 1.54) is 0 Å². The standard InChI is InChI=1S/C19H33N5O2S/c1-6-20-17(21-10-9-15-13-27-14(2)23-15)22-11-12-24(16-7-8-16)18(25)26-19(3,4)5/h13,16H,6-12H2,1-5H3,(H2,20,21,22). The average molecular weight is 396 g/mol. The van der Waals surface area contributed by atoms with Gasteiger partial charge in [0.1, 0.15) is 5.60 Å². The molecule has 1 amide bonds. The first-order valence-electron chi connectivity index (χ1n) is 9.71. The molecule has 0 saturated heterocycles. The summed E-state index contributed by atoms with van der Waals surface area (Å²) < 4.78 is 5.53. The van der Waals surface area contributed by atoms with E-state index in [0.717, 1.165) is 42.5 Å². The third-order valence-electron chi connectivity index (χ3n) is 3.91. The normalized spacial score (nSPS) is 14.8. The molecule has 1 heterocycles. The van der Waals surface area contributed by atoms with E-state index in [1.807, 2.05) is 39.5 Å². The number of amides is 1. The Hall–Kier alpha value is -1.83. The first-order valence-corrected chi connectivity index (χ1v) is 10.6. The third kappa shape index (κ3) is 8.15. The molecule has 1 aromatic rings. The van der Waals surface area contributed by atoms with Crippen molar-refractivity contribution in [3.8, 4) is 0 Å². The molecule has 2 N–H and O–H groups in total. The Morgan fingerprint density at radius 2 is 2.15 bits per heavy atom. The van der Waals surface area contributed by atoms with Gasteiger partial charge in [-0.15, -0.1) is 11.3 Å². The topological polar surface area (TPSA) is 78.9 Å². The Morgan fingerprint density at radius 1 is 1.41 bits per heavy atom. The zero-order valence-corrected chi connectivity index (χ0v) is 18.0. The van der Waals surface area contributed by atoms with Gasteiger partial charge in [0.25, 0.3) is 0 Å². The lowest BCUT2D eigenvalue weighted by molar-refractivity contribution is 0.0238. The second kappa shape index (κ2) is 9.92. The van der Waals surface area contributed by atoms with Crippen molar-refractivity contribution in [2.45, 2.75) is 65.5 Å². The summed E-state index contributed by atoms with van der Waals surface area (Å²) in [6, 6.07) is 0.314. The fourth-order valence-corrected chi connectivity index (χ4v) is 3.22. The van der Waals surface area contributed by atoms with Crippen LogP contribution in [0.5, 0.6) is 0 Å². The number of aryl methyl sites for hydroxylation is 1. The predicted molar refractivity (Wildman–Crippen MR) is 110 cm³/mol. The third-order valence-corrected chi connectivity index (χ3v) is 4.73. The molecule has 1 aromatic heterocycles. The van der Waals surface area contributed by atoms with E-state index in [-0.39, 0.29) is 6.09 Å². The Kier molecular flexibility index (Phi) is 7.89. The number of guanidine groups is 1. The molecule has 0 unspecified atom stereocenters. The number of rotatable bonds is 8. The van der Waals surface area contributed by atoms with Crippen LogP contribution in [0.2, 0.25) is 0 Å².